The quantitative estimate of drug-likeness (QED) is 0.625. The highest BCUT2D eigenvalue weighted by Gasteiger charge is 2.40. The number of carbonyl (C=O) groups is 2. The highest BCUT2D eigenvalue weighted by molar-refractivity contribution is 6.14. The fourth-order valence-electron chi connectivity index (χ4n) is 3.30. The number of nitrogens with zero attached hydrogens (tertiary/aromatic N) is 1. The molecule has 1 N–H and O–H groups in total. The maximum absolute atomic E-state index is 13.0. The smallest absolute Gasteiger partial charge is 0.240 e. The van der Waals surface area contributed by atoms with Gasteiger partial charge in [-0.2, -0.15) is 0 Å². The third-order valence-electron chi connectivity index (χ3n) is 4.80. The number of hydrogen-bond acceptors (Lipinski definition) is 5. The van der Waals surface area contributed by atoms with E-state index in [1.54, 1.807) is 30.3 Å². The van der Waals surface area contributed by atoms with Crippen LogP contribution in [0.25, 0.3) is 0 Å². The molecule has 7 nitrogen and oxygen atoms in total. The number of likely N-dealkylation sites (N-methyl/N-ethyl adjacent to an activating group) is 1. The molecule has 3 rings (SSSR count). The SMILES string of the molecule is CCCOc1ccc(C2C(C(=O)c3ccco3)=C([O-])C(=O)N2CC[NH+](C)C)cc1. The predicted octanol–water partition coefficient (Wildman–Crippen LogP) is 0.594. The first-order valence-corrected chi connectivity index (χ1v) is 9.76. The Bertz CT molecular complexity index is 884. The molecule has 154 valence electrons. The van der Waals surface area contributed by atoms with E-state index in [2.05, 4.69) is 0 Å². The molecule has 0 radical (unpaired) electrons. The molecular weight excluding hydrogens is 372 g/mol. The van der Waals surface area contributed by atoms with Gasteiger partial charge in [-0.1, -0.05) is 19.1 Å². The van der Waals surface area contributed by atoms with Crippen LogP contribution in [-0.4, -0.2) is 50.4 Å². The summed E-state index contributed by atoms with van der Waals surface area (Å²) in [5, 5.41) is 12.8. The average molecular weight is 398 g/mol. The Labute approximate surface area is 170 Å². The summed E-state index contributed by atoms with van der Waals surface area (Å²) in [6.45, 7) is 3.64. The van der Waals surface area contributed by atoms with Gasteiger partial charge in [-0.3, -0.25) is 9.59 Å². The van der Waals surface area contributed by atoms with Crippen molar-refractivity contribution < 1.29 is 28.7 Å². The number of ether oxygens (including phenoxy) is 1. The van der Waals surface area contributed by atoms with E-state index in [1.807, 2.05) is 21.0 Å². The molecule has 1 aliphatic rings. The minimum atomic E-state index is -0.767. The molecule has 29 heavy (non-hydrogen) atoms. The molecule has 0 saturated heterocycles. The van der Waals surface area contributed by atoms with E-state index in [0.29, 0.717) is 31.0 Å². The van der Waals surface area contributed by atoms with Crippen LogP contribution in [0.5, 0.6) is 5.75 Å². The standard InChI is InChI=1S/C22H26N2O5/c1-4-13-28-16-9-7-15(8-10-16)19-18(20(25)17-6-5-14-29-17)21(26)22(27)24(19)12-11-23(2)3/h5-10,14,19,26H,4,11-13H2,1-3H3. The zero-order chi connectivity index (χ0) is 21.0. The number of Topliss-reactive ketones (excluding diaryl/α,β-unsaturated/α-hetero) is 1. The molecule has 1 unspecified atom stereocenters. The lowest BCUT2D eigenvalue weighted by molar-refractivity contribution is -0.857. The molecule has 2 aromatic rings. The number of rotatable bonds is 9. The first-order valence-electron chi connectivity index (χ1n) is 9.76. The normalized spacial score (nSPS) is 16.8. The van der Waals surface area contributed by atoms with Crippen LogP contribution in [0.4, 0.5) is 0 Å². The summed E-state index contributed by atoms with van der Waals surface area (Å²) >= 11 is 0. The minimum absolute atomic E-state index is 0.0501. The van der Waals surface area contributed by atoms with Gasteiger partial charge in [0.15, 0.2) is 5.76 Å². The van der Waals surface area contributed by atoms with E-state index in [9.17, 15) is 14.7 Å². The van der Waals surface area contributed by atoms with Crippen LogP contribution in [0.2, 0.25) is 0 Å². The van der Waals surface area contributed by atoms with E-state index >= 15 is 0 Å². The summed E-state index contributed by atoms with van der Waals surface area (Å²) in [5.41, 5.74) is 0.623. The molecule has 0 bridgehead atoms. The molecule has 1 aromatic carbocycles. The van der Waals surface area contributed by atoms with Crippen molar-refractivity contribution in [2.24, 2.45) is 0 Å². The van der Waals surface area contributed by atoms with Gasteiger partial charge in [0.25, 0.3) is 0 Å². The van der Waals surface area contributed by atoms with Crippen molar-refractivity contribution in [3.63, 3.8) is 0 Å². The van der Waals surface area contributed by atoms with Gasteiger partial charge in [0.1, 0.15) is 5.75 Å². The van der Waals surface area contributed by atoms with Crippen LogP contribution >= 0.6 is 0 Å². The van der Waals surface area contributed by atoms with Gasteiger partial charge in [0.05, 0.1) is 46.1 Å². The van der Waals surface area contributed by atoms with Crippen LogP contribution in [-0.2, 0) is 4.79 Å². The molecule has 0 fully saturated rings. The Morgan fingerprint density at radius 2 is 1.97 bits per heavy atom. The van der Waals surface area contributed by atoms with Crippen molar-refractivity contribution >= 4 is 11.7 Å². The summed E-state index contributed by atoms with van der Waals surface area (Å²) in [4.78, 5) is 28.3. The van der Waals surface area contributed by atoms with Gasteiger partial charge in [-0.25, -0.2) is 0 Å². The monoisotopic (exact) mass is 398 g/mol. The Balaban J connectivity index is 1.98. The van der Waals surface area contributed by atoms with Crippen molar-refractivity contribution in [3.05, 3.63) is 65.3 Å². The minimum Gasteiger partial charge on any atom is -0.868 e. The maximum Gasteiger partial charge on any atom is 0.240 e. The average Bonchev–Trinajstić information content (AvgIpc) is 3.33. The lowest BCUT2D eigenvalue weighted by atomic mass is 9.95. The van der Waals surface area contributed by atoms with E-state index in [1.165, 1.54) is 17.2 Å². The van der Waals surface area contributed by atoms with Gasteiger partial charge < -0.3 is 24.1 Å². The number of hydrogen-bond donors (Lipinski definition) is 1. The molecule has 0 saturated carbocycles. The second kappa shape index (κ2) is 8.96. The number of amides is 1. The van der Waals surface area contributed by atoms with E-state index in [0.717, 1.165) is 11.3 Å². The molecule has 0 spiro atoms. The largest absolute Gasteiger partial charge is 0.868 e. The molecular formula is C22H26N2O5. The Morgan fingerprint density at radius 1 is 1.24 bits per heavy atom. The van der Waals surface area contributed by atoms with Crippen LogP contribution in [0.15, 0.2) is 58.4 Å². The predicted molar refractivity (Wildman–Crippen MR) is 104 cm³/mol. The Morgan fingerprint density at radius 3 is 2.55 bits per heavy atom. The number of quaternary nitrogens is 1. The molecule has 1 amide bonds. The fourth-order valence-corrected chi connectivity index (χ4v) is 3.30. The molecule has 0 aliphatic carbocycles. The third-order valence-corrected chi connectivity index (χ3v) is 4.80. The Kier molecular flexibility index (Phi) is 6.39. The van der Waals surface area contributed by atoms with Crippen LogP contribution in [0.3, 0.4) is 0 Å². The molecule has 2 heterocycles. The van der Waals surface area contributed by atoms with Gasteiger partial charge in [0, 0.05) is 5.57 Å². The van der Waals surface area contributed by atoms with E-state index in [-0.39, 0.29) is 11.3 Å². The zero-order valence-electron chi connectivity index (χ0n) is 16.9. The first-order chi connectivity index (χ1) is 13.9. The summed E-state index contributed by atoms with van der Waals surface area (Å²) in [6, 6.07) is 9.52. The number of nitrogens with one attached hydrogen (secondary N) is 1. The molecule has 1 aliphatic heterocycles. The van der Waals surface area contributed by atoms with Gasteiger partial charge in [-0.05, 0) is 42.0 Å². The van der Waals surface area contributed by atoms with Crippen molar-refractivity contribution in [2.45, 2.75) is 19.4 Å². The summed E-state index contributed by atoms with van der Waals surface area (Å²) in [6.07, 6.45) is 2.26. The number of benzene rings is 1. The van der Waals surface area contributed by atoms with Crippen molar-refractivity contribution in [1.29, 1.82) is 0 Å². The van der Waals surface area contributed by atoms with Gasteiger partial charge in [0.2, 0.25) is 11.7 Å². The van der Waals surface area contributed by atoms with E-state index in [4.69, 9.17) is 9.15 Å². The zero-order valence-corrected chi connectivity index (χ0v) is 16.9. The Hall–Kier alpha value is -3.06. The van der Waals surface area contributed by atoms with Crippen molar-refractivity contribution in [2.75, 3.05) is 33.8 Å². The first kappa shape index (κ1) is 20.7. The van der Waals surface area contributed by atoms with Gasteiger partial charge >= 0.3 is 0 Å². The highest BCUT2D eigenvalue weighted by Crippen LogP contribution is 2.38. The summed E-state index contributed by atoms with van der Waals surface area (Å²) in [5.74, 6) is -1.22. The van der Waals surface area contributed by atoms with Crippen LogP contribution in [0, 0.1) is 0 Å². The third kappa shape index (κ3) is 4.35. The summed E-state index contributed by atoms with van der Waals surface area (Å²) in [7, 11) is 3.94. The van der Waals surface area contributed by atoms with Gasteiger partial charge in [-0.15, -0.1) is 0 Å². The van der Waals surface area contributed by atoms with E-state index < -0.39 is 23.5 Å². The second-order valence-electron chi connectivity index (χ2n) is 7.32. The number of ketones is 1. The van der Waals surface area contributed by atoms with Crippen molar-refractivity contribution in [1.82, 2.24) is 4.90 Å². The fraction of sp³-hybridized carbons (Fsp3) is 0.364. The van der Waals surface area contributed by atoms with Crippen LogP contribution < -0.4 is 14.7 Å². The second-order valence-corrected chi connectivity index (χ2v) is 7.32. The maximum atomic E-state index is 13.0. The topological polar surface area (TPSA) is 87.2 Å². The lowest BCUT2D eigenvalue weighted by Crippen LogP contribution is -3.06. The number of carbonyl (C=O) groups excluding carboxylic acids is 2. The van der Waals surface area contributed by atoms with Crippen molar-refractivity contribution in [3.8, 4) is 5.75 Å². The summed E-state index contributed by atoms with van der Waals surface area (Å²) < 4.78 is 10.8. The molecule has 1 aromatic heterocycles. The molecule has 1 atom stereocenters. The lowest BCUT2D eigenvalue weighted by Gasteiger charge is -2.28. The van der Waals surface area contributed by atoms with Crippen LogP contribution in [0.1, 0.15) is 35.5 Å². The highest BCUT2D eigenvalue weighted by atomic mass is 16.5. The molecule has 7 heteroatoms. The number of furan rings is 1.